The first kappa shape index (κ1) is 16.5. The molecule has 2 unspecified atom stereocenters. The molecule has 0 fully saturated rings. The molecule has 0 saturated heterocycles. The highest BCUT2D eigenvalue weighted by atomic mass is 79.9. The highest BCUT2D eigenvalue weighted by molar-refractivity contribution is 9.10. The molecule has 3 nitrogen and oxygen atoms in total. The summed E-state index contributed by atoms with van der Waals surface area (Å²) in [5, 5.41) is 0. The monoisotopic (exact) mass is 328 g/mol. The van der Waals surface area contributed by atoms with Crippen molar-refractivity contribution in [2.75, 3.05) is 25.7 Å². The van der Waals surface area contributed by atoms with Crippen molar-refractivity contribution < 1.29 is 4.74 Å². The van der Waals surface area contributed by atoms with E-state index in [1.54, 1.807) is 7.11 Å². The van der Waals surface area contributed by atoms with E-state index in [2.05, 4.69) is 59.9 Å². The van der Waals surface area contributed by atoms with E-state index in [4.69, 9.17) is 10.5 Å². The molecule has 0 spiro atoms. The average molecular weight is 329 g/mol. The Kier molecular flexibility index (Phi) is 6.83. The SMILES string of the molecule is CCC(N)Cc1cc(Br)ccc1N(C)C(C)COC. The zero-order valence-electron chi connectivity index (χ0n) is 12.3. The molecular formula is C15H25BrN2O. The van der Waals surface area contributed by atoms with E-state index in [1.807, 2.05) is 0 Å². The van der Waals surface area contributed by atoms with Crippen molar-refractivity contribution >= 4 is 21.6 Å². The van der Waals surface area contributed by atoms with Crippen LogP contribution < -0.4 is 10.6 Å². The number of rotatable bonds is 7. The average Bonchev–Trinajstić information content (AvgIpc) is 2.38. The molecule has 0 saturated carbocycles. The largest absolute Gasteiger partial charge is 0.383 e. The molecule has 0 radical (unpaired) electrons. The van der Waals surface area contributed by atoms with Gasteiger partial charge in [0.15, 0.2) is 0 Å². The fourth-order valence-electron chi connectivity index (χ4n) is 2.08. The normalized spacial score (nSPS) is 14.2. The number of benzene rings is 1. The van der Waals surface area contributed by atoms with Crippen LogP contribution in [0.4, 0.5) is 5.69 Å². The molecule has 19 heavy (non-hydrogen) atoms. The van der Waals surface area contributed by atoms with Gasteiger partial charge in [0.25, 0.3) is 0 Å². The summed E-state index contributed by atoms with van der Waals surface area (Å²) in [6.45, 7) is 5.00. The zero-order valence-corrected chi connectivity index (χ0v) is 13.9. The van der Waals surface area contributed by atoms with Gasteiger partial charge in [-0.1, -0.05) is 22.9 Å². The Morgan fingerprint density at radius 2 is 2.11 bits per heavy atom. The number of nitrogens with two attached hydrogens (primary N) is 1. The first-order valence-corrected chi connectivity index (χ1v) is 7.54. The lowest BCUT2D eigenvalue weighted by Gasteiger charge is -2.29. The van der Waals surface area contributed by atoms with Crippen LogP contribution in [0.1, 0.15) is 25.8 Å². The van der Waals surface area contributed by atoms with Gasteiger partial charge in [0.2, 0.25) is 0 Å². The molecule has 1 rings (SSSR count). The smallest absolute Gasteiger partial charge is 0.0663 e. The summed E-state index contributed by atoms with van der Waals surface area (Å²) in [6, 6.07) is 6.93. The van der Waals surface area contributed by atoms with Crippen LogP contribution >= 0.6 is 15.9 Å². The first-order chi connectivity index (χ1) is 8.99. The van der Waals surface area contributed by atoms with E-state index in [1.165, 1.54) is 11.3 Å². The Bertz CT molecular complexity index is 398. The minimum absolute atomic E-state index is 0.208. The van der Waals surface area contributed by atoms with E-state index in [0.717, 1.165) is 17.3 Å². The number of anilines is 1. The van der Waals surface area contributed by atoms with E-state index in [0.29, 0.717) is 12.6 Å². The second-order valence-corrected chi connectivity index (χ2v) is 5.98. The Morgan fingerprint density at radius 1 is 1.42 bits per heavy atom. The van der Waals surface area contributed by atoms with Crippen LogP contribution in [0.2, 0.25) is 0 Å². The predicted molar refractivity (Wildman–Crippen MR) is 85.9 cm³/mol. The Morgan fingerprint density at radius 3 is 2.68 bits per heavy atom. The minimum atomic E-state index is 0.208. The van der Waals surface area contributed by atoms with Gasteiger partial charge in [-0.05, 0) is 43.5 Å². The van der Waals surface area contributed by atoms with E-state index < -0.39 is 0 Å². The molecule has 1 aromatic rings. The minimum Gasteiger partial charge on any atom is -0.383 e. The number of hydrogen-bond donors (Lipinski definition) is 1. The Hall–Kier alpha value is -0.580. The molecule has 0 aliphatic heterocycles. The molecule has 0 aliphatic rings. The van der Waals surface area contributed by atoms with Crippen molar-refractivity contribution in [3.63, 3.8) is 0 Å². The van der Waals surface area contributed by atoms with Crippen LogP contribution in [0.15, 0.2) is 22.7 Å². The Labute approximate surface area is 125 Å². The van der Waals surface area contributed by atoms with Crippen LogP contribution in [0.25, 0.3) is 0 Å². The molecule has 0 aromatic heterocycles. The van der Waals surface area contributed by atoms with Gasteiger partial charge in [-0.15, -0.1) is 0 Å². The number of hydrogen-bond acceptors (Lipinski definition) is 3. The lowest BCUT2D eigenvalue weighted by molar-refractivity contribution is 0.183. The van der Waals surface area contributed by atoms with Crippen molar-refractivity contribution in [1.82, 2.24) is 0 Å². The van der Waals surface area contributed by atoms with Gasteiger partial charge < -0.3 is 15.4 Å². The second kappa shape index (κ2) is 7.88. The maximum atomic E-state index is 6.10. The van der Waals surface area contributed by atoms with Crippen molar-refractivity contribution in [3.8, 4) is 0 Å². The lowest BCUT2D eigenvalue weighted by Crippen LogP contribution is -2.34. The fraction of sp³-hybridized carbons (Fsp3) is 0.600. The van der Waals surface area contributed by atoms with Gasteiger partial charge >= 0.3 is 0 Å². The van der Waals surface area contributed by atoms with Crippen molar-refractivity contribution in [1.29, 1.82) is 0 Å². The summed E-state index contributed by atoms with van der Waals surface area (Å²) >= 11 is 3.54. The summed E-state index contributed by atoms with van der Waals surface area (Å²) in [5.74, 6) is 0. The molecule has 0 amide bonds. The maximum absolute atomic E-state index is 6.10. The number of methoxy groups -OCH3 is 1. The molecular weight excluding hydrogens is 304 g/mol. The van der Waals surface area contributed by atoms with Crippen LogP contribution in [0.5, 0.6) is 0 Å². The third-order valence-electron chi connectivity index (χ3n) is 3.50. The first-order valence-electron chi connectivity index (χ1n) is 6.75. The van der Waals surface area contributed by atoms with Crippen molar-refractivity contribution in [3.05, 3.63) is 28.2 Å². The number of ether oxygens (including phenoxy) is 1. The fourth-order valence-corrected chi connectivity index (χ4v) is 2.49. The molecule has 4 heteroatoms. The maximum Gasteiger partial charge on any atom is 0.0663 e. The number of likely N-dealkylation sites (N-methyl/N-ethyl adjacent to an activating group) is 1. The topological polar surface area (TPSA) is 38.5 Å². The molecule has 2 N–H and O–H groups in total. The lowest BCUT2D eigenvalue weighted by atomic mass is 10.0. The number of halogens is 1. The standard InChI is InChI=1S/C15H25BrN2O/c1-5-14(17)9-12-8-13(16)6-7-15(12)18(3)11(2)10-19-4/h6-8,11,14H,5,9-10,17H2,1-4H3. The van der Waals surface area contributed by atoms with Crippen molar-refractivity contribution in [2.24, 2.45) is 5.73 Å². The summed E-state index contributed by atoms with van der Waals surface area (Å²) in [6.07, 6.45) is 1.89. The summed E-state index contributed by atoms with van der Waals surface area (Å²) < 4.78 is 6.34. The van der Waals surface area contributed by atoms with Crippen molar-refractivity contribution in [2.45, 2.75) is 38.8 Å². The van der Waals surface area contributed by atoms with Crippen LogP contribution in [0.3, 0.4) is 0 Å². The summed E-state index contributed by atoms with van der Waals surface area (Å²) in [4.78, 5) is 2.26. The highest BCUT2D eigenvalue weighted by Gasteiger charge is 2.15. The van der Waals surface area contributed by atoms with Gasteiger partial charge in [-0.2, -0.15) is 0 Å². The molecule has 0 heterocycles. The molecule has 2 atom stereocenters. The Balaban J connectivity index is 2.98. The van der Waals surface area contributed by atoms with E-state index >= 15 is 0 Å². The van der Waals surface area contributed by atoms with E-state index in [9.17, 15) is 0 Å². The van der Waals surface area contributed by atoms with Gasteiger partial charge in [0.1, 0.15) is 0 Å². The van der Waals surface area contributed by atoms with Gasteiger partial charge in [0, 0.05) is 36.4 Å². The third-order valence-corrected chi connectivity index (χ3v) is 3.99. The van der Waals surface area contributed by atoms with Gasteiger partial charge in [-0.25, -0.2) is 0 Å². The molecule has 1 aromatic carbocycles. The summed E-state index contributed by atoms with van der Waals surface area (Å²) in [5.41, 5.74) is 8.62. The van der Waals surface area contributed by atoms with Crippen LogP contribution in [-0.2, 0) is 11.2 Å². The van der Waals surface area contributed by atoms with Gasteiger partial charge in [-0.3, -0.25) is 0 Å². The molecule has 0 bridgehead atoms. The predicted octanol–water partition coefficient (Wildman–Crippen LogP) is 3.20. The quantitative estimate of drug-likeness (QED) is 0.835. The second-order valence-electron chi connectivity index (χ2n) is 5.06. The molecule has 0 aliphatic carbocycles. The number of nitrogens with zero attached hydrogens (tertiary/aromatic N) is 1. The zero-order chi connectivity index (χ0) is 14.4. The third kappa shape index (κ3) is 4.79. The van der Waals surface area contributed by atoms with E-state index in [-0.39, 0.29) is 6.04 Å². The van der Waals surface area contributed by atoms with Gasteiger partial charge in [0.05, 0.1) is 6.61 Å². The van der Waals surface area contributed by atoms with Crippen LogP contribution in [-0.4, -0.2) is 32.8 Å². The molecule has 108 valence electrons. The summed E-state index contributed by atoms with van der Waals surface area (Å²) in [7, 11) is 3.84. The highest BCUT2D eigenvalue weighted by Crippen LogP contribution is 2.26. The van der Waals surface area contributed by atoms with Crippen LogP contribution in [0, 0.1) is 0 Å².